The fraction of sp³-hybridized carbons (Fsp3) is 0.357. The molecule has 0 aliphatic carbocycles. The molecule has 0 aliphatic heterocycles. The maximum Gasteiger partial charge on any atom is 0.207 e. The van der Waals surface area contributed by atoms with E-state index in [-0.39, 0.29) is 11.6 Å². The van der Waals surface area contributed by atoms with E-state index < -0.39 is 0 Å². The van der Waals surface area contributed by atoms with Crippen molar-refractivity contribution >= 4 is 5.95 Å². The van der Waals surface area contributed by atoms with E-state index in [1.165, 1.54) is 6.07 Å². The van der Waals surface area contributed by atoms with Crippen LogP contribution in [-0.2, 0) is 4.74 Å². The molecule has 1 heterocycles. The second-order valence-electron chi connectivity index (χ2n) is 4.09. The van der Waals surface area contributed by atoms with E-state index in [0.717, 1.165) is 0 Å². The summed E-state index contributed by atoms with van der Waals surface area (Å²) in [5.74, 6) is 0.511. The summed E-state index contributed by atoms with van der Waals surface area (Å²) in [6.45, 7) is 3.46. The number of halogens is 1. The zero-order valence-corrected chi connectivity index (χ0v) is 11.6. The van der Waals surface area contributed by atoms with Crippen LogP contribution in [0.3, 0.4) is 0 Å². The summed E-state index contributed by atoms with van der Waals surface area (Å²) in [4.78, 5) is 4.20. The summed E-state index contributed by atoms with van der Waals surface area (Å²) >= 11 is 0. The summed E-state index contributed by atoms with van der Waals surface area (Å²) in [6.07, 6.45) is 3.42. The van der Waals surface area contributed by atoms with Gasteiger partial charge in [-0.1, -0.05) is 0 Å². The minimum Gasteiger partial charge on any atom is -0.491 e. The Balaban J connectivity index is 2.19. The highest BCUT2D eigenvalue weighted by Crippen LogP contribution is 2.22. The van der Waals surface area contributed by atoms with Crippen molar-refractivity contribution in [3.8, 4) is 11.4 Å². The van der Waals surface area contributed by atoms with Crippen LogP contribution in [0.5, 0.6) is 5.75 Å². The molecule has 0 spiro atoms. The molecular weight excluding hydrogens is 261 g/mol. The minimum absolute atomic E-state index is 0.255. The summed E-state index contributed by atoms with van der Waals surface area (Å²) in [7, 11) is 1.63. The molecule has 0 fully saturated rings. The number of anilines is 1. The molecule has 0 saturated carbocycles. The smallest absolute Gasteiger partial charge is 0.207 e. The van der Waals surface area contributed by atoms with Crippen molar-refractivity contribution in [3.05, 3.63) is 36.4 Å². The van der Waals surface area contributed by atoms with Crippen molar-refractivity contribution in [1.82, 2.24) is 9.55 Å². The standard InChI is InChI=1S/C14H18FN3O2/c1-3-20-13-5-4-11(10-12(13)15)18-8-6-16-14(18)17-7-9-19-2/h4-6,8,10H,3,7,9H2,1-2H3,(H,16,17). The molecule has 0 unspecified atom stereocenters. The van der Waals surface area contributed by atoms with Gasteiger partial charge in [0.2, 0.25) is 5.95 Å². The van der Waals surface area contributed by atoms with Crippen molar-refractivity contribution in [2.45, 2.75) is 6.92 Å². The van der Waals surface area contributed by atoms with Crippen molar-refractivity contribution in [1.29, 1.82) is 0 Å². The molecule has 0 amide bonds. The van der Waals surface area contributed by atoms with E-state index in [1.807, 2.05) is 6.92 Å². The number of nitrogens with one attached hydrogen (secondary N) is 1. The lowest BCUT2D eigenvalue weighted by Crippen LogP contribution is -2.11. The van der Waals surface area contributed by atoms with Crippen LogP contribution < -0.4 is 10.1 Å². The van der Waals surface area contributed by atoms with Gasteiger partial charge in [-0.25, -0.2) is 9.37 Å². The predicted molar refractivity (Wildman–Crippen MR) is 75.1 cm³/mol. The van der Waals surface area contributed by atoms with Gasteiger partial charge in [0.1, 0.15) is 0 Å². The second-order valence-corrected chi connectivity index (χ2v) is 4.09. The fourth-order valence-corrected chi connectivity index (χ4v) is 1.82. The first kappa shape index (κ1) is 14.3. The number of imidazole rings is 1. The van der Waals surface area contributed by atoms with Crippen LogP contribution in [0.2, 0.25) is 0 Å². The summed E-state index contributed by atoms with van der Waals surface area (Å²) in [6, 6.07) is 4.83. The van der Waals surface area contributed by atoms with E-state index in [9.17, 15) is 4.39 Å². The maximum atomic E-state index is 13.9. The Hall–Kier alpha value is -2.08. The molecule has 0 aliphatic rings. The number of hydrogen-bond donors (Lipinski definition) is 1. The lowest BCUT2D eigenvalue weighted by atomic mass is 10.3. The van der Waals surface area contributed by atoms with Crippen LogP contribution >= 0.6 is 0 Å². The Morgan fingerprint density at radius 1 is 1.40 bits per heavy atom. The summed E-state index contributed by atoms with van der Waals surface area (Å²) < 4.78 is 25.8. The van der Waals surface area contributed by atoms with Gasteiger partial charge < -0.3 is 14.8 Å². The number of nitrogens with zero attached hydrogens (tertiary/aromatic N) is 2. The quantitative estimate of drug-likeness (QED) is 0.791. The van der Waals surface area contributed by atoms with Crippen molar-refractivity contribution in [3.63, 3.8) is 0 Å². The zero-order valence-electron chi connectivity index (χ0n) is 11.6. The van der Waals surface area contributed by atoms with Gasteiger partial charge in [-0.15, -0.1) is 0 Å². The van der Waals surface area contributed by atoms with E-state index in [1.54, 1.807) is 36.2 Å². The lowest BCUT2D eigenvalue weighted by molar-refractivity contribution is 0.210. The number of hydrogen-bond acceptors (Lipinski definition) is 4. The van der Waals surface area contributed by atoms with Gasteiger partial charge in [0.25, 0.3) is 0 Å². The first-order chi connectivity index (χ1) is 9.76. The number of benzene rings is 1. The Kier molecular flexibility index (Phi) is 4.95. The second kappa shape index (κ2) is 6.91. The first-order valence-corrected chi connectivity index (χ1v) is 6.45. The van der Waals surface area contributed by atoms with Crippen LogP contribution in [-0.4, -0.2) is 36.4 Å². The molecule has 0 bridgehead atoms. The van der Waals surface area contributed by atoms with Crippen LogP contribution in [0.1, 0.15) is 6.92 Å². The van der Waals surface area contributed by atoms with Crippen molar-refractivity contribution in [2.24, 2.45) is 0 Å². The third-order valence-corrected chi connectivity index (χ3v) is 2.72. The van der Waals surface area contributed by atoms with E-state index in [0.29, 0.717) is 31.4 Å². The Labute approximate surface area is 117 Å². The number of methoxy groups -OCH3 is 1. The summed E-state index contributed by atoms with van der Waals surface area (Å²) in [5, 5.41) is 3.13. The van der Waals surface area contributed by atoms with Crippen molar-refractivity contribution in [2.75, 3.05) is 32.2 Å². The molecule has 5 nitrogen and oxygen atoms in total. The fourth-order valence-electron chi connectivity index (χ4n) is 1.82. The molecule has 0 saturated heterocycles. The SMILES string of the molecule is CCOc1ccc(-n2ccnc2NCCOC)cc1F. The predicted octanol–water partition coefficient (Wildman–Crippen LogP) is 2.47. The molecule has 2 rings (SSSR count). The van der Waals surface area contributed by atoms with Crippen LogP contribution in [0.25, 0.3) is 5.69 Å². The molecule has 20 heavy (non-hydrogen) atoms. The van der Waals surface area contributed by atoms with Gasteiger partial charge >= 0.3 is 0 Å². The van der Waals surface area contributed by atoms with Crippen LogP contribution in [0.4, 0.5) is 10.3 Å². The molecule has 6 heteroatoms. The monoisotopic (exact) mass is 279 g/mol. The molecule has 0 radical (unpaired) electrons. The molecular formula is C14H18FN3O2. The highest BCUT2D eigenvalue weighted by molar-refractivity contribution is 5.44. The topological polar surface area (TPSA) is 48.3 Å². The molecule has 1 aromatic heterocycles. The third-order valence-electron chi connectivity index (χ3n) is 2.72. The normalized spacial score (nSPS) is 10.6. The number of ether oxygens (including phenoxy) is 2. The zero-order chi connectivity index (χ0) is 14.4. The molecule has 0 atom stereocenters. The molecule has 1 aromatic carbocycles. The molecule has 2 aromatic rings. The summed E-state index contributed by atoms with van der Waals surface area (Å²) in [5.41, 5.74) is 0.684. The Morgan fingerprint density at radius 3 is 2.95 bits per heavy atom. The Bertz CT molecular complexity index is 557. The average molecular weight is 279 g/mol. The first-order valence-electron chi connectivity index (χ1n) is 6.45. The minimum atomic E-state index is -0.388. The van der Waals surface area contributed by atoms with E-state index >= 15 is 0 Å². The lowest BCUT2D eigenvalue weighted by Gasteiger charge is -2.11. The number of rotatable bonds is 7. The van der Waals surface area contributed by atoms with Gasteiger partial charge in [-0.2, -0.15) is 0 Å². The average Bonchev–Trinajstić information content (AvgIpc) is 2.90. The van der Waals surface area contributed by atoms with E-state index in [2.05, 4.69) is 10.3 Å². The van der Waals surface area contributed by atoms with Gasteiger partial charge in [0.05, 0.1) is 18.9 Å². The van der Waals surface area contributed by atoms with Gasteiger partial charge in [0.15, 0.2) is 11.6 Å². The maximum absolute atomic E-state index is 13.9. The van der Waals surface area contributed by atoms with Gasteiger partial charge in [-0.3, -0.25) is 4.57 Å². The van der Waals surface area contributed by atoms with Crippen LogP contribution in [0.15, 0.2) is 30.6 Å². The molecule has 108 valence electrons. The highest BCUT2D eigenvalue weighted by Gasteiger charge is 2.08. The van der Waals surface area contributed by atoms with Crippen LogP contribution in [0, 0.1) is 5.82 Å². The Morgan fingerprint density at radius 2 is 2.25 bits per heavy atom. The number of aromatic nitrogens is 2. The molecule has 1 N–H and O–H groups in total. The highest BCUT2D eigenvalue weighted by atomic mass is 19.1. The van der Waals surface area contributed by atoms with E-state index in [4.69, 9.17) is 9.47 Å². The van der Waals surface area contributed by atoms with Gasteiger partial charge in [-0.05, 0) is 19.1 Å². The van der Waals surface area contributed by atoms with Gasteiger partial charge in [0, 0.05) is 32.1 Å². The van der Waals surface area contributed by atoms with Crippen molar-refractivity contribution < 1.29 is 13.9 Å². The third kappa shape index (κ3) is 3.27. The largest absolute Gasteiger partial charge is 0.491 e.